The second kappa shape index (κ2) is 6.64. The maximum Gasteiger partial charge on any atom is 0.407 e. The van der Waals surface area contributed by atoms with E-state index >= 15 is 0 Å². The second-order valence-electron chi connectivity index (χ2n) is 6.16. The number of rotatable bonds is 4. The third kappa shape index (κ3) is 4.35. The van der Waals surface area contributed by atoms with Gasteiger partial charge in [-0.3, -0.25) is 4.79 Å². The first-order valence-electron chi connectivity index (χ1n) is 7.42. The van der Waals surface area contributed by atoms with Crippen LogP contribution in [0.5, 0.6) is 0 Å². The zero-order valence-corrected chi connectivity index (χ0v) is 13.3. The molecular weight excluding hydrogens is 280 g/mol. The molecule has 1 heterocycles. The van der Waals surface area contributed by atoms with Gasteiger partial charge in [0.15, 0.2) is 0 Å². The molecule has 1 aromatic heterocycles. The lowest BCUT2D eigenvalue weighted by Crippen LogP contribution is -2.33. The molecular formula is C17H22N2O3. The quantitative estimate of drug-likeness (QED) is 0.883. The van der Waals surface area contributed by atoms with E-state index < -0.39 is 11.7 Å². The van der Waals surface area contributed by atoms with Crippen LogP contribution in [0.15, 0.2) is 41.2 Å². The van der Waals surface area contributed by atoms with Gasteiger partial charge in [-0.15, -0.1) is 0 Å². The van der Waals surface area contributed by atoms with Crippen molar-refractivity contribution in [2.75, 3.05) is 6.54 Å². The Bertz CT molecular complexity index is 714. The van der Waals surface area contributed by atoms with Crippen LogP contribution >= 0.6 is 0 Å². The van der Waals surface area contributed by atoms with Crippen LogP contribution < -0.4 is 10.9 Å². The third-order valence-corrected chi connectivity index (χ3v) is 3.13. The molecule has 0 aliphatic carbocycles. The third-order valence-electron chi connectivity index (χ3n) is 3.13. The molecule has 2 rings (SSSR count). The summed E-state index contributed by atoms with van der Waals surface area (Å²) in [6.07, 6.45) is 0.227. The number of hydrogen-bond donors (Lipinski definition) is 1. The van der Waals surface area contributed by atoms with Crippen molar-refractivity contribution in [3.8, 4) is 0 Å². The molecule has 5 heteroatoms. The van der Waals surface area contributed by atoms with Crippen molar-refractivity contribution in [2.24, 2.45) is 0 Å². The molecule has 1 aromatic carbocycles. The number of fused-ring (bicyclic) bond motifs is 1. The fraction of sp³-hybridized carbons (Fsp3) is 0.412. The molecule has 118 valence electrons. The van der Waals surface area contributed by atoms with Gasteiger partial charge in [0.05, 0.1) is 5.52 Å². The molecule has 1 N–H and O–H groups in total. The minimum Gasteiger partial charge on any atom is -0.444 e. The van der Waals surface area contributed by atoms with Crippen LogP contribution in [0.4, 0.5) is 4.79 Å². The Balaban J connectivity index is 1.94. The topological polar surface area (TPSA) is 60.3 Å². The summed E-state index contributed by atoms with van der Waals surface area (Å²) >= 11 is 0. The number of alkyl carbamates (subject to hydrolysis) is 1. The smallest absolute Gasteiger partial charge is 0.407 e. The molecule has 0 saturated heterocycles. The number of nitrogens with zero attached hydrogens (tertiary/aromatic N) is 1. The van der Waals surface area contributed by atoms with Crippen molar-refractivity contribution in [1.29, 1.82) is 0 Å². The van der Waals surface area contributed by atoms with Crippen molar-refractivity contribution in [3.05, 3.63) is 46.8 Å². The molecule has 0 spiro atoms. The highest BCUT2D eigenvalue weighted by molar-refractivity contribution is 5.78. The second-order valence-corrected chi connectivity index (χ2v) is 6.16. The number of carbonyl (C=O) groups excluding carboxylic acids is 1. The Morgan fingerprint density at radius 3 is 2.64 bits per heavy atom. The van der Waals surface area contributed by atoms with Crippen LogP contribution in [0.1, 0.15) is 27.2 Å². The average Bonchev–Trinajstić information content (AvgIpc) is 2.43. The number of carbonyl (C=O) groups is 1. The summed E-state index contributed by atoms with van der Waals surface area (Å²) in [5, 5.41) is 3.73. The minimum absolute atomic E-state index is 0.0315. The molecule has 2 aromatic rings. The van der Waals surface area contributed by atoms with Gasteiger partial charge in [0.1, 0.15) is 5.60 Å². The molecule has 1 amide bonds. The fourth-order valence-corrected chi connectivity index (χ4v) is 2.22. The van der Waals surface area contributed by atoms with E-state index in [9.17, 15) is 9.59 Å². The van der Waals surface area contributed by atoms with Gasteiger partial charge in [0.25, 0.3) is 5.56 Å². The van der Waals surface area contributed by atoms with Gasteiger partial charge >= 0.3 is 6.09 Å². The van der Waals surface area contributed by atoms with Crippen molar-refractivity contribution < 1.29 is 9.53 Å². The molecule has 0 bridgehead atoms. The largest absolute Gasteiger partial charge is 0.444 e. The van der Waals surface area contributed by atoms with Crippen LogP contribution in [-0.2, 0) is 11.3 Å². The highest BCUT2D eigenvalue weighted by Crippen LogP contribution is 2.11. The number of para-hydroxylation sites is 1. The van der Waals surface area contributed by atoms with E-state index in [1.807, 2.05) is 51.1 Å². The number of aryl methyl sites for hydroxylation is 1. The standard InChI is InChI=1S/C17H22N2O3/c1-17(2,3)22-16(21)18-11-6-12-19-14-8-5-4-7-13(14)9-10-15(19)20/h4-5,7-10H,6,11-12H2,1-3H3,(H,18,21). The van der Waals surface area contributed by atoms with Crippen molar-refractivity contribution >= 4 is 17.0 Å². The molecule has 5 nitrogen and oxygen atoms in total. The van der Waals surface area contributed by atoms with Crippen LogP contribution in [-0.4, -0.2) is 22.8 Å². The normalized spacial score (nSPS) is 11.4. The number of ether oxygens (including phenoxy) is 1. The number of pyridine rings is 1. The summed E-state index contributed by atoms with van der Waals surface area (Å²) in [6.45, 7) is 6.48. The monoisotopic (exact) mass is 302 g/mol. The van der Waals surface area contributed by atoms with Crippen molar-refractivity contribution in [1.82, 2.24) is 9.88 Å². The highest BCUT2D eigenvalue weighted by Gasteiger charge is 2.15. The van der Waals surface area contributed by atoms with Crippen molar-refractivity contribution in [3.63, 3.8) is 0 Å². The first kappa shape index (κ1) is 16.1. The van der Waals surface area contributed by atoms with Gasteiger partial charge in [0.2, 0.25) is 0 Å². The van der Waals surface area contributed by atoms with Gasteiger partial charge in [-0.2, -0.15) is 0 Å². The van der Waals surface area contributed by atoms with Gasteiger partial charge in [0, 0.05) is 19.2 Å². The zero-order chi connectivity index (χ0) is 16.2. The van der Waals surface area contributed by atoms with E-state index in [2.05, 4.69) is 5.32 Å². The van der Waals surface area contributed by atoms with E-state index in [0.717, 1.165) is 10.9 Å². The lowest BCUT2D eigenvalue weighted by molar-refractivity contribution is 0.0526. The summed E-state index contributed by atoms with van der Waals surface area (Å²) in [5.41, 5.74) is 0.375. The SMILES string of the molecule is CC(C)(C)OC(=O)NCCCn1c(=O)ccc2ccccc21. The van der Waals surface area contributed by atoms with Crippen LogP contribution in [0.2, 0.25) is 0 Å². The predicted octanol–water partition coefficient (Wildman–Crippen LogP) is 2.92. The Morgan fingerprint density at radius 1 is 1.18 bits per heavy atom. The van der Waals surface area contributed by atoms with E-state index in [0.29, 0.717) is 19.5 Å². The molecule has 22 heavy (non-hydrogen) atoms. The minimum atomic E-state index is -0.503. The number of amides is 1. The lowest BCUT2D eigenvalue weighted by Gasteiger charge is -2.19. The van der Waals surface area contributed by atoms with E-state index in [4.69, 9.17) is 4.74 Å². The number of aromatic nitrogens is 1. The zero-order valence-electron chi connectivity index (χ0n) is 13.3. The Kier molecular flexibility index (Phi) is 4.85. The van der Waals surface area contributed by atoms with E-state index in [1.54, 1.807) is 10.6 Å². The number of benzene rings is 1. The predicted molar refractivity (Wildman–Crippen MR) is 87.1 cm³/mol. The van der Waals surface area contributed by atoms with E-state index in [1.165, 1.54) is 0 Å². The van der Waals surface area contributed by atoms with Gasteiger partial charge in [-0.1, -0.05) is 18.2 Å². The van der Waals surface area contributed by atoms with Gasteiger partial charge < -0.3 is 14.6 Å². The Hall–Kier alpha value is -2.30. The maximum atomic E-state index is 12.0. The van der Waals surface area contributed by atoms with Gasteiger partial charge in [-0.05, 0) is 44.7 Å². The summed E-state index contributed by atoms with van der Waals surface area (Å²) in [5.74, 6) is 0. The molecule has 0 aliphatic rings. The van der Waals surface area contributed by atoms with E-state index in [-0.39, 0.29) is 5.56 Å². The molecule has 0 atom stereocenters. The Labute approximate surface area is 129 Å². The van der Waals surface area contributed by atoms with Crippen LogP contribution in [0.25, 0.3) is 10.9 Å². The number of hydrogen-bond acceptors (Lipinski definition) is 3. The molecule has 0 radical (unpaired) electrons. The first-order valence-corrected chi connectivity index (χ1v) is 7.42. The fourth-order valence-electron chi connectivity index (χ4n) is 2.22. The summed E-state index contributed by atoms with van der Waals surface area (Å²) in [6, 6.07) is 11.2. The summed E-state index contributed by atoms with van der Waals surface area (Å²) in [7, 11) is 0. The average molecular weight is 302 g/mol. The van der Waals surface area contributed by atoms with Crippen molar-refractivity contribution in [2.45, 2.75) is 39.3 Å². The first-order chi connectivity index (χ1) is 10.4. The van der Waals surface area contributed by atoms with Gasteiger partial charge in [-0.25, -0.2) is 4.79 Å². The number of nitrogens with one attached hydrogen (secondary N) is 1. The molecule has 0 aliphatic heterocycles. The van der Waals surface area contributed by atoms with Crippen LogP contribution in [0, 0.1) is 0 Å². The molecule has 0 saturated carbocycles. The Morgan fingerprint density at radius 2 is 1.91 bits per heavy atom. The highest BCUT2D eigenvalue weighted by atomic mass is 16.6. The van der Waals surface area contributed by atoms with Crippen LogP contribution in [0.3, 0.4) is 0 Å². The summed E-state index contributed by atoms with van der Waals surface area (Å²) in [4.78, 5) is 23.5. The maximum absolute atomic E-state index is 12.0. The summed E-state index contributed by atoms with van der Waals surface area (Å²) < 4.78 is 6.89. The lowest BCUT2D eigenvalue weighted by atomic mass is 10.2. The molecule has 0 unspecified atom stereocenters. The molecule has 0 fully saturated rings.